The second kappa shape index (κ2) is 5.87. The first-order valence-electron chi connectivity index (χ1n) is 6.06. The molecule has 0 aromatic heterocycles. The van der Waals surface area contributed by atoms with Crippen LogP contribution in [-0.4, -0.2) is 24.8 Å². The summed E-state index contributed by atoms with van der Waals surface area (Å²) in [5, 5.41) is 3.29. The average Bonchev–Trinajstić information content (AvgIpc) is 2.29. The van der Waals surface area contributed by atoms with E-state index in [1.54, 1.807) is 6.08 Å². The third-order valence-corrected chi connectivity index (χ3v) is 3.64. The summed E-state index contributed by atoms with van der Waals surface area (Å²) < 4.78 is 37.6. The molecule has 0 atom stereocenters. The molecule has 0 saturated heterocycles. The van der Waals surface area contributed by atoms with Crippen molar-refractivity contribution in [2.45, 2.75) is 43.8 Å². The van der Waals surface area contributed by atoms with Crippen LogP contribution in [0.4, 0.5) is 13.2 Å². The highest BCUT2D eigenvalue weighted by molar-refractivity contribution is 4.95. The minimum Gasteiger partial charge on any atom is -0.329 e. The van der Waals surface area contributed by atoms with Crippen LogP contribution in [0.5, 0.6) is 0 Å². The molecule has 0 aliphatic heterocycles. The lowest BCUT2D eigenvalue weighted by molar-refractivity contribution is -0.185. The Morgan fingerprint density at radius 2 is 1.94 bits per heavy atom. The number of rotatable bonds is 5. The lowest BCUT2D eigenvalue weighted by atomic mass is 9.76. The van der Waals surface area contributed by atoms with Crippen LogP contribution in [0.3, 0.4) is 0 Å². The third kappa shape index (κ3) is 4.00. The Morgan fingerprint density at radius 3 is 2.35 bits per heavy atom. The molecule has 5 heteroatoms. The maximum atomic E-state index is 12.5. The van der Waals surface area contributed by atoms with Gasteiger partial charge in [-0.15, -0.1) is 6.58 Å². The van der Waals surface area contributed by atoms with E-state index in [9.17, 15) is 13.2 Å². The monoisotopic (exact) mass is 250 g/mol. The molecule has 0 amide bonds. The predicted octanol–water partition coefficient (Wildman–Crippen LogP) is 2.60. The van der Waals surface area contributed by atoms with Gasteiger partial charge in [-0.3, -0.25) is 0 Å². The highest BCUT2D eigenvalue weighted by Gasteiger charge is 2.45. The normalized spacial score (nSPS) is 30.2. The number of hydrogen-bond donors (Lipinski definition) is 2. The van der Waals surface area contributed by atoms with Gasteiger partial charge in [-0.2, -0.15) is 13.2 Å². The van der Waals surface area contributed by atoms with Gasteiger partial charge in [0.15, 0.2) is 0 Å². The summed E-state index contributed by atoms with van der Waals surface area (Å²) in [6, 6.07) is 0. The minimum absolute atomic E-state index is 0.182. The maximum Gasteiger partial charge on any atom is 0.391 e. The number of nitrogens with one attached hydrogen (secondary N) is 1. The van der Waals surface area contributed by atoms with Crippen molar-refractivity contribution in [2.24, 2.45) is 11.7 Å². The lowest BCUT2D eigenvalue weighted by Crippen LogP contribution is -2.54. The van der Waals surface area contributed by atoms with Gasteiger partial charge in [-0.1, -0.05) is 6.08 Å². The summed E-state index contributed by atoms with van der Waals surface area (Å²) in [7, 11) is 0. The molecule has 100 valence electrons. The van der Waals surface area contributed by atoms with Gasteiger partial charge in [0.25, 0.3) is 0 Å². The zero-order chi connectivity index (χ0) is 12.9. The van der Waals surface area contributed by atoms with E-state index < -0.39 is 12.1 Å². The van der Waals surface area contributed by atoms with E-state index in [4.69, 9.17) is 5.73 Å². The molecule has 0 bridgehead atoms. The largest absolute Gasteiger partial charge is 0.391 e. The van der Waals surface area contributed by atoms with Gasteiger partial charge in [-0.25, -0.2) is 0 Å². The Morgan fingerprint density at radius 1 is 1.35 bits per heavy atom. The summed E-state index contributed by atoms with van der Waals surface area (Å²) in [5.74, 6) is -1.15. The van der Waals surface area contributed by atoms with Gasteiger partial charge in [-0.05, 0) is 38.6 Å². The van der Waals surface area contributed by atoms with Gasteiger partial charge in [0.05, 0.1) is 5.92 Å². The summed E-state index contributed by atoms with van der Waals surface area (Å²) in [6.07, 6.45) is -0.0793. The van der Waals surface area contributed by atoms with Gasteiger partial charge in [0.2, 0.25) is 0 Å². The molecule has 0 aromatic carbocycles. The van der Waals surface area contributed by atoms with Crippen molar-refractivity contribution in [2.75, 3.05) is 13.1 Å². The number of hydrogen-bond acceptors (Lipinski definition) is 2. The molecule has 0 spiro atoms. The van der Waals surface area contributed by atoms with E-state index in [1.165, 1.54) is 0 Å². The van der Waals surface area contributed by atoms with Gasteiger partial charge < -0.3 is 11.1 Å². The summed E-state index contributed by atoms with van der Waals surface area (Å²) in [5.41, 5.74) is 5.40. The first-order valence-corrected chi connectivity index (χ1v) is 6.06. The van der Waals surface area contributed by atoms with E-state index in [-0.39, 0.29) is 18.4 Å². The van der Waals surface area contributed by atoms with Crippen LogP contribution in [-0.2, 0) is 0 Å². The summed E-state index contributed by atoms with van der Waals surface area (Å²) in [6.45, 7) is 4.75. The van der Waals surface area contributed by atoms with Crippen LogP contribution >= 0.6 is 0 Å². The molecule has 1 aliphatic rings. The van der Waals surface area contributed by atoms with E-state index in [0.29, 0.717) is 19.4 Å². The second-order valence-electron chi connectivity index (χ2n) is 4.80. The summed E-state index contributed by atoms with van der Waals surface area (Å²) >= 11 is 0. The average molecular weight is 250 g/mol. The van der Waals surface area contributed by atoms with Crippen LogP contribution in [0.1, 0.15) is 32.1 Å². The Hall–Kier alpha value is -0.550. The first kappa shape index (κ1) is 14.5. The molecule has 1 fully saturated rings. The van der Waals surface area contributed by atoms with E-state index in [2.05, 4.69) is 11.9 Å². The molecule has 1 aliphatic carbocycles. The second-order valence-corrected chi connectivity index (χ2v) is 4.80. The van der Waals surface area contributed by atoms with Crippen molar-refractivity contribution in [1.82, 2.24) is 5.32 Å². The molecule has 1 rings (SSSR count). The van der Waals surface area contributed by atoms with Crippen LogP contribution in [0.25, 0.3) is 0 Å². The minimum atomic E-state index is -4.05. The van der Waals surface area contributed by atoms with E-state index in [0.717, 1.165) is 13.0 Å². The van der Waals surface area contributed by atoms with Crippen LogP contribution < -0.4 is 11.1 Å². The molecule has 0 unspecified atom stereocenters. The Balaban J connectivity index is 2.48. The van der Waals surface area contributed by atoms with Crippen molar-refractivity contribution in [3.8, 4) is 0 Å². The molecule has 3 N–H and O–H groups in total. The number of halogens is 3. The number of alkyl halides is 3. The fraction of sp³-hybridized carbons (Fsp3) is 0.833. The van der Waals surface area contributed by atoms with Crippen molar-refractivity contribution in [3.05, 3.63) is 12.7 Å². The number of nitrogens with two attached hydrogens (primary N) is 1. The molecule has 0 radical (unpaired) electrons. The van der Waals surface area contributed by atoms with Crippen LogP contribution in [0, 0.1) is 5.92 Å². The van der Waals surface area contributed by atoms with Gasteiger partial charge >= 0.3 is 6.18 Å². The van der Waals surface area contributed by atoms with Crippen LogP contribution in [0.2, 0.25) is 0 Å². The maximum absolute atomic E-state index is 12.5. The predicted molar refractivity (Wildman–Crippen MR) is 62.6 cm³/mol. The van der Waals surface area contributed by atoms with Crippen molar-refractivity contribution >= 4 is 0 Å². The summed E-state index contributed by atoms with van der Waals surface area (Å²) in [4.78, 5) is 0. The third-order valence-electron chi connectivity index (χ3n) is 3.64. The molecule has 17 heavy (non-hydrogen) atoms. The lowest BCUT2D eigenvalue weighted by Gasteiger charge is -2.40. The Kier molecular flexibility index (Phi) is 5.01. The van der Waals surface area contributed by atoms with Gasteiger partial charge in [0, 0.05) is 12.1 Å². The highest BCUT2D eigenvalue weighted by atomic mass is 19.4. The Labute approximate surface area is 100 Å². The molecular formula is C12H21F3N2. The van der Waals surface area contributed by atoms with Crippen LogP contribution in [0.15, 0.2) is 12.7 Å². The zero-order valence-electron chi connectivity index (χ0n) is 10.0. The topological polar surface area (TPSA) is 38.0 Å². The first-order chi connectivity index (χ1) is 7.93. The van der Waals surface area contributed by atoms with Gasteiger partial charge in [0.1, 0.15) is 0 Å². The molecule has 0 aromatic rings. The van der Waals surface area contributed by atoms with Crippen molar-refractivity contribution < 1.29 is 13.2 Å². The molecular weight excluding hydrogens is 229 g/mol. The zero-order valence-corrected chi connectivity index (χ0v) is 10.0. The highest BCUT2D eigenvalue weighted by Crippen LogP contribution is 2.40. The fourth-order valence-corrected chi connectivity index (χ4v) is 2.39. The molecule has 1 saturated carbocycles. The van der Waals surface area contributed by atoms with Crippen molar-refractivity contribution in [3.63, 3.8) is 0 Å². The fourth-order valence-electron chi connectivity index (χ4n) is 2.39. The quantitative estimate of drug-likeness (QED) is 0.581. The molecule has 2 nitrogen and oxygen atoms in total. The SMILES string of the molecule is C=CCCNC1(CN)CCC(C(F)(F)F)CC1. The van der Waals surface area contributed by atoms with E-state index in [1.807, 2.05) is 0 Å². The smallest absolute Gasteiger partial charge is 0.329 e. The molecule has 0 heterocycles. The Bertz CT molecular complexity index is 243. The van der Waals surface area contributed by atoms with Crippen molar-refractivity contribution in [1.29, 1.82) is 0 Å². The van der Waals surface area contributed by atoms with E-state index >= 15 is 0 Å². The standard InChI is InChI=1S/C12H21F3N2/c1-2-3-8-17-11(9-16)6-4-10(5-7-11)12(13,14)15/h2,10,17H,1,3-9,16H2.